The lowest BCUT2D eigenvalue weighted by atomic mass is 9.77. The zero-order valence-corrected chi connectivity index (χ0v) is 14.8. The highest BCUT2D eigenvalue weighted by molar-refractivity contribution is 5.99. The number of carbonyl (C=O) groups is 3. The average molecular weight is 348 g/mol. The monoisotopic (exact) mass is 348 g/mol. The van der Waals surface area contributed by atoms with Crippen LogP contribution < -0.4 is 0 Å². The number of hydrogen-bond donors (Lipinski definition) is 1. The van der Waals surface area contributed by atoms with E-state index in [4.69, 9.17) is 9.47 Å². The van der Waals surface area contributed by atoms with E-state index in [9.17, 15) is 19.5 Å². The molecule has 136 valence electrons. The highest BCUT2D eigenvalue weighted by atomic mass is 16.5. The van der Waals surface area contributed by atoms with Crippen molar-refractivity contribution < 1.29 is 29.0 Å². The molecule has 0 fully saturated rings. The molecule has 0 amide bonds. The molecule has 0 aromatic heterocycles. The molecule has 0 spiro atoms. The van der Waals surface area contributed by atoms with Gasteiger partial charge in [0.1, 0.15) is 0 Å². The number of benzene rings is 1. The van der Waals surface area contributed by atoms with E-state index in [0.29, 0.717) is 17.5 Å². The molecule has 0 aliphatic carbocycles. The highest BCUT2D eigenvalue weighted by Gasteiger charge is 2.46. The number of carboxylic acid groups (broad SMARTS) is 1. The largest absolute Gasteiger partial charge is 0.480 e. The van der Waals surface area contributed by atoms with E-state index in [0.717, 1.165) is 0 Å². The predicted octanol–water partition coefficient (Wildman–Crippen LogP) is 3.00. The summed E-state index contributed by atoms with van der Waals surface area (Å²) in [5.41, 5.74) is -0.719. The molecule has 0 saturated carbocycles. The second kappa shape index (κ2) is 9.01. The first-order valence-corrected chi connectivity index (χ1v) is 7.99. The Morgan fingerprint density at radius 2 is 1.84 bits per heavy atom. The molecule has 1 aromatic rings. The number of allylic oxidation sites excluding steroid dienone is 1. The maximum atomic E-state index is 12.2. The second-order valence-corrected chi connectivity index (χ2v) is 6.03. The minimum absolute atomic E-state index is 0.0393. The van der Waals surface area contributed by atoms with Gasteiger partial charge in [-0.2, -0.15) is 0 Å². The Morgan fingerprint density at radius 1 is 1.24 bits per heavy atom. The van der Waals surface area contributed by atoms with Gasteiger partial charge in [-0.15, -0.1) is 6.58 Å². The van der Waals surface area contributed by atoms with Crippen LogP contribution in [0.5, 0.6) is 0 Å². The Kier molecular flexibility index (Phi) is 7.36. The first kappa shape index (κ1) is 20.4. The van der Waals surface area contributed by atoms with E-state index in [1.165, 1.54) is 7.11 Å². The summed E-state index contributed by atoms with van der Waals surface area (Å²) in [5.74, 6) is -2.50. The molecule has 0 bridgehead atoms. The van der Waals surface area contributed by atoms with E-state index in [2.05, 4.69) is 6.58 Å². The van der Waals surface area contributed by atoms with Gasteiger partial charge in [-0.3, -0.25) is 9.59 Å². The molecular weight excluding hydrogens is 324 g/mol. The van der Waals surface area contributed by atoms with Crippen molar-refractivity contribution in [2.75, 3.05) is 7.11 Å². The van der Waals surface area contributed by atoms with Crippen LogP contribution in [0.1, 0.15) is 42.6 Å². The van der Waals surface area contributed by atoms with Crippen molar-refractivity contribution in [1.82, 2.24) is 0 Å². The zero-order chi connectivity index (χ0) is 19.0. The van der Waals surface area contributed by atoms with Crippen molar-refractivity contribution in [1.29, 1.82) is 0 Å². The maximum absolute atomic E-state index is 12.2. The summed E-state index contributed by atoms with van der Waals surface area (Å²) in [6.45, 7) is 7.08. The third-order valence-electron chi connectivity index (χ3n) is 3.80. The van der Waals surface area contributed by atoms with Gasteiger partial charge in [0, 0.05) is 0 Å². The fourth-order valence-electron chi connectivity index (χ4n) is 2.47. The van der Waals surface area contributed by atoms with Gasteiger partial charge >= 0.3 is 17.9 Å². The van der Waals surface area contributed by atoms with Crippen molar-refractivity contribution in [3.63, 3.8) is 0 Å². The van der Waals surface area contributed by atoms with Crippen LogP contribution in [0.15, 0.2) is 36.9 Å². The smallest absolute Gasteiger partial charge is 0.338 e. The standard InChI is InChI=1S/C19H24O6/c1-5-6-11-19(17(21)22,18(23)24-4)12-14-7-9-15(10-8-14)16(20)25-13(2)3/h5,7-10,13H,1,6,11-12H2,2-4H3,(H,21,22). The molecule has 25 heavy (non-hydrogen) atoms. The predicted molar refractivity (Wildman–Crippen MR) is 92.2 cm³/mol. The summed E-state index contributed by atoms with van der Waals surface area (Å²) in [4.78, 5) is 35.8. The van der Waals surface area contributed by atoms with Crippen LogP contribution >= 0.6 is 0 Å². The Labute approximate surface area is 147 Å². The average Bonchev–Trinajstić information content (AvgIpc) is 2.57. The molecule has 1 aromatic carbocycles. The molecule has 0 heterocycles. The van der Waals surface area contributed by atoms with Gasteiger partial charge < -0.3 is 14.6 Å². The fraction of sp³-hybridized carbons (Fsp3) is 0.421. The molecule has 0 radical (unpaired) electrons. The van der Waals surface area contributed by atoms with Crippen molar-refractivity contribution in [2.24, 2.45) is 5.41 Å². The third kappa shape index (κ3) is 5.17. The van der Waals surface area contributed by atoms with Crippen LogP contribution in [0.25, 0.3) is 0 Å². The van der Waals surface area contributed by atoms with Crippen LogP contribution in [0.2, 0.25) is 0 Å². The Morgan fingerprint density at radius 3 is 2.28 bits per heavy atom. The third-order valence-corrected chi connectivity index (χ3v) is 3.80. The molecule has 1 rings (SSSR count). The minimum Gasteiger partial charge on any atom is -0.480 e. The number of ether oxygens (including phenoxy) is 2. The molecule has 1 N–H and O–H groups in total. The van der Waals surface area contributed by atoms with Crippen LogP contribution in [0.4, 0.5) is 0 Å². The maximum Gasteiger partial charge on any atom is 0.338 e. The van der Waals surface area contributed by atoms with E-state index in [1.807, 2.05) is 0 Å². The van der Waals surface area contributed by atoms with Crippen LogP contribution in [-0.2, 0) is 25.5 Å². The molecular formula is C19H24O6. The lowest BCUT2D eigenvalue weighted by Gasteiger charge is -2.26. The number of hydrogen-bond acceptors (Lipinski definition) is 5. The van der Waals surface area contributed by atoms with Crippen LogP contribution in [0, 0.1) is 5.41 Å². The van der Waals surface area contributed by atoms with Crippen molar-refractivity contribution in [3.05, 3.63) is 48.0 Å². The molecule has 6 nitrogen and oxygen atoms in total. The lowest BCUT2D eigenvalue weighted by Crippen LogP contribution is -2.42. The van der Waals surface area contributed by atoms with Crippen molar-refractivity contribution >= 4 is 17.9 Å². The molecule has 1 atom stereocenters. The van der Waals surface area contributed by atoms with Gasteiger partial charge in [-0.25, -0.2) is 4.79 Å². The minimum atomic E-state index is -1.69. The van der Waals surface area contributed by atoms with Gasteiger partial charge in [-0.1, -0.05) is 18.2 Å². The number of aliphatic carboxylic acids is 1. The molecule has 0 aliphatic heterocycles. The van der Waals surface area contributed by atoms with E-state index in [1.54, 1.807) is 44.2 Å². The van der Waals surface area contributed by atoms with E-state index < -0.39 is 23.3 Å². The van der Waals surface area contributed by atoms with Gasteiger partial charge in [0.25, 0.3) is 0 Å². The Hall–Kier alpha value is -2.63. The Balaban J connectivity index is 3.08. The lowest BCUT2D eigenvalue weighted by molar-refractivity contribution is -0.167. The summed E-state index contributed by atoms with van der Waals surface area (Å²) in [5, 5.41) is 9.65. The second-order valence-electron chi connectivity index (χ2n) is 6.03. The summed E-state index contributed by atoms with van der Waals surface area (Å²) < 4.78 is 9.83. The number of carbonyl (C=O) groups excluding carboxylic acids is 2. The molecule has 0 saturated heterocycles. The topological polar surface area (TPSA) is 89.9 Å². The van der Waals surface area contributed by atoms with Crippen molar-refractivity contribution in [3.8, 4) is 0 Å². The summed E-state index contributed by atoms with van der Waals surface area (Å²) >= 11 is 0. The molecule has 6 heteroatoms. The van der Waals surface area contributed by atoms with Gasteiger partial charge in [0.2, 0.25) is 0 Å². The van der Waals surface area contributed by atoms with Gasteiger partial charge in [0.15, 0.2) is 5.41 Å². The summed E-state index contributed by atoms with van der Waals surface area (Å²) in [6, 6.07) is 6.34. The summed E-state index contributed by atoms with van der Waals surface area (Å²) in [7, 11) is 1.17. The number of esters is 2. The number of carboxylic acids is 1. The molecule has 0 aliphatic rings. The normalized spacial score (nSPS) is 13.0. The summed E-state index contributed by atoms with van der Waals surface area (Å²) in [6.07, 6.45) is 1.73. The SMILES string of the molecule is C=CCCC(Cc1ccc(C(=O)OC(C)C)cc1)(C(=O)O)C(=O)OC. The zero-order valence-electron chi connectivity index (χ0n) is 14.8. The van der Waals surface area contributed by atoms with Gasteiger partial charge in [0.05, 0.1) is 18.8 Å². The fourth-order valence-corrected chi connectivity index (χ4v) is 2.47. The highest BCUT2D eigenvalue weighted by Crippen LogP contribution is 2.31. The quantitative estimate of drug-likeness (QED) is 0.419. The first-order valence-electron chi connectivity index (χ1n) is 7.99. The molecule has 1 unspecified atom stereocenters. The van der Waals surface area contributed by atoms with Crippen molar-refractivity contribution in [2.45, 2.75) is 39.2 Å². The van der Waals surface area contributed by atoms with Crippen LogP contribution in [0.3, 0.4) is 0 Å². The van der Waals surface area contributed by atoms with E-state index >= 15 is 0 Å². The van der Waals surface area contributed by atoms with E-state index in [-0.39, 0.29) is 18.9 Å². The number of methoxy groups -OCH3 is 1. The first-order chi connectivity index (χ1) is 11.8. The van der Waals surface area contributed by atoms with Crippen LogP contribution in [-0.4, -0.2) is 36.2 Å². The number of rotatable bonds is 9. The van der Waals surface area contributed by atoms with Gasteiger partial charge in [-0.05, 0) is 50.8 Å². The Bertz CT molecular complexity index is 632.